The zero-order valence-electron chi connectivity index (χ0n) is 18.6. The molecule has 0 saturated carbocycles. The lowest BCUT2D eigenvalue weighted by atomic mass is 9.99. The van der Waals surface area contributed by atoms with Crippen molar-refractivity contribution in [2.24, 2.45) is 0 Å². The molecule has 0 saturated heterocycles. The Bertz CT molecular complexity index is 1070. The van der Waals surface area contributed by atoms with Crippen molar-refractivity contribution >= 4 is 11.6 Å². The van der Waals surface area contributed by atoms with Crippen LogP contribution in [0, 0.1) is 0 Å². The molecule has 1 aromatic carbocycles. The third-order valence-electron chi connectivity index (χ3n) is 6.51. The number of fused-ring (bicyclic) bond motifs is 2. The van der Waals surface area contributed by atoms with Gasteiger partial charge in [0.15, 0.2) is 0 Å². The summed E-state index contributed by atoms with van der Waals surface area (Å²) >= 11 is 0. The summed E-state index contributed by atoms with van der Waals surface area (Å²) in [6.45, 7) is 5.46. The third kappa shape index (κ3) is 4.41. The number of furan rings is 1. The molecule has 0 bridgehead atoms. The van der Waals surface area contributed by atoms with E-state index < -0.39 is 0 Å². The number of amides is 1. The number of carbonyl (C=O) groups is 1. The van der Waals surface area contributed by atoms with E-state index in [0.29, 0.717) is 18.5 Å². The Hall–Kier alpha value is -3.13. The Balaban J connectivity index is 1.17. The van der Waals surface area contributed by atoms with Crippen LogP contribution in [-0.4, -0.2) is 58.8 Å². The van der Waals surface area contributed by atoms with Gasteiger partial charge in [-0.3, -0.25) is 9.69 Å². The zero-order valence-corrected chi connectivity index (χ0v) is 18.6. The first-order valence-electron chi connectivity index (χ1n) is 11.4. The third-order valence-corrected chi connectivity index (χ3v) is 6.51. The van der Waals surface area contributed by atoms with E-state index in [4.69, 9.17) is 4.42 Å². The first kappa shape index (κ1) is 20.8. The van der Waals surface area contributed by atoms with E-state index in [1.165, 1.54) is 42.2 Å². The maximum absolute atomic E-state index is 12.1. The molecule has 0 radical (unpaired) electrons. The number of nitrogens with one attached hydrogen (secondary N) is 1. The Labute approximate surface area is 188 Å². The van der Waals surface area contributed by atoms with Gasteiger partial charge in [-0.25, -0.2) is 0 Å². The van der Waals surface area contributed by atoms with Gasteiger partial charge in [-0.1, -0.05) is 12.1 Å². The van der Waals surface area contributed by atoms with E-state index in [0.717, 1.165) is 50.8 Å². The van der Waals surface area contributed by atoms with Gasteiger partial charge in [0.1, 0.15) is 17.9 Å². The van der Waals surface area contributed by atoms with Crippen LogP contribution in [0.3, 0.4) is 0 Å². The Morgan fingerprint density at radius 3 is 2.94 bits per heavy atom. The largest absolute Gasteiger partial charge is 0.472 e. The van der Waals surface area contributed by atoms with Gasteiger partial charge >= 0.3 is 0 Å². The first-order chi connectivity index (χ1) is 15.7. The van der Waals surface area contributed by atoms with Crippen molar-refractivity contribution in [1.29, 1.82) is 0 Å². The minimum Gasteiger partial charge on any atom is -0.472 e. The smallest absolute Gasteiger partial charge is 0.254 e. The number of aromatic nitrogens is 3. The summed E-state index contributed by atoms with van der Waals surface area (Å²) in [5.74, 6) is 1.85. The Morgan fingerprint density at radius 2 is 2.06 bits per heavy atom. The first-order valence-corrected chi connectivity index (χ1v) is 11.4. The molecule has 168 valence electrons. The molecule has 2 aromatic heterocycles. The molecule has 2 aliphatic rings. The van der Waals surface area contributed by atoms with Crippen LogP contribution in [0.2, 0.25) is 0 Å². The van der Waals surface area contributed by atoms with Crippen molar-refractivity contribution in [3.63, 3.8) is 0 Å². The van der Waals surface area contributed by atoms with Gasteiger partial charge in [-0.05, 0) is 36.1 Å². The lowest BCUT2D eigenvalue weighted by Gasteiger charge is -2.28. The highest BCUT2D eigenvalue weighted by molar-refractivity contribution is 5.93. The van der Waals surface area contributed by atoms with Crippen molar-refractivity contribution in [2.75, 3.05) is 38.1 Å². The van der Waals surface area contributed by atoms with Gasteiger partial charge in [0.25, 0.3) is 5.91 Å². The van der Waals surface area contributed by atoms with E-state index in [2.05, 4.69) is 55.1 Å². The summed E-state index contributed by atoms with van der Waals surface area (Å²) in [5.41, 5.74) is 4.78. The fraction of sp³-hybridized carbons (Fsp3) is 0.458. The highest BCUT2D eigenvalue weighted by Gasteiger charge is 2.20. The predicted molar refractivity (Wildman–Crippen MR) is 122 cm³/mol. The number of benzene rings is 1. The van der Waals surface area contributed by atoms with Crippen LogP contribution in [-0.2, 0) is 32.4 Å². The van der Waals surface area contributed by atoms with Crippen LogP contribution >= 0.6 is 0 Å². The summed E-state index contributed by atoms with van der Waals surface area (Å²) in [4.78, 5) is 16.9. The van der Waals surface area contributed by atoms with Crippen LogP contribution < -0.4 is 10.2 Å². The minimum atomic E-state index is -0.128. The molecule has 0 fully saturated rings. The molecule has 5 rings (SSSR count). The number of hydrogen-bond acceptors (Lipinski definition) is 6. The summed E-state index contributed by atoms with van der Waals surface area (Å²) in [7, 11) is 2.18. The zero-order chi connectivity index (χ0) is 21.9. The van der Waals surface area contributed by atoms with Gasteiger partial charge in [-0.2, -0.15) is 0 Å². The average molecular weight is 435 g/mol. The monoisotopic (exact) mass is 434 g/mol. The molecule has 3 aromatic rings. The lowest BCUT2D eigenvalue weighted by Crippen LogP contribution is -2.28. The molecule has 0 spiro atoms. The summed E-state index contributed by atoms with van der Waals surface area (Å²) in [6, 6.07) is 8.62. The van der Waals surface area contributed by atoms with E-state index in [1.807, 2.05) is 0 Å². The second-order valence-electron chi connectivity index (χ2n) is 8.72. The molecule has 4 heterocycles. The van der Waals surface area contributed by atoms with Gasteiger partial charge < -0.3 is 19.2 Å². The number of carbonyl (C=O) groups excluding carboxylic acids is 1. The van der Waals surface area contributed by atoms with E-state index in [-0.39, 0.29) is 5.91 Å². The molecular weight excluding hydrogens is 404 g/mol. The standard InChI is InChI=1S/C24H30N6O2/c1-28-10-2-3-19-15-18(4-5-21(19)28)16-29-11-7-23-27-26-22(30(23)13-12-29)6-9-25-24(31)20-8-14-32-17-20/h4-5,8,14-15,17H,2-3,6-7,9-13,16H2,1H3,(H,25,31). The van der Waals surface area contributed by atoms with Crippen LogP contribution in [0.15, 0.2) is 41.2 Å². The molecule has 0 atom stereocenters. The molecule has 32 heavy (non-hydrogen) atoms. The van der Waals surface area contributed by atoms with E-state index >= 15 is 0 Å². The highest BCUT2D eigenvalue weighted by Crippen LogP contribution is 2.27. The number of hydrogen-bond donors (Lipinski definition) is 1. The highest BCUT2D eigenvalue weighted by atomic mass is 16.3. The van der Waals surface area contributed by atoms with Crippen LogP contribution in [0.25, 0.3) is 0 Å². The van der Waals surface area contributed by atoms with Gasteiger partial charge in [0.05, 0.1) is 11.8 Å². The number of rotatable bonds is 6. The maximum atomic E-state index is 12.1. The Morgan fingerprint density at radius 1 is 1.12 bits per heavy atom. The van der Waals surface area contributed by atoms with Gasteiger partial charge in [0.2, 0.25) is 0 Å². The minimum absolute atomic E-state index is 0.128. The number of anilines is 1. The molecular formula is C24H30N6O2. The summed E-state index contributed by atoms with van der Waals surface area (Å²) in [6.07, 6.45) is 6.91. The topological polar surface area (TPSA) is 79.4 Å². The SMILES string of the molecule is CN1CCCc2cc(CN3CCc4nnc(CCNC(=O)c5ccoc5)n4CC3)ccc21. The van der Waals surface area contributed by atoms with Gasteiger partial charge in [0, 0.05) is 64.8 Å². The molecule has 8 nitrogen and oxygen atoms in total. The maximum Gasteiger partial charge on any atom is 0.254 e. The molecule has 1 N–H and O–H groups in total. The fourth-order valence-corrected chi connectivity index (χ4v) is 4.75. The van der Waals surface area contributed by atoms with Crippen molar-refractivity contribution in [1.82, 2.24) is 25.0 Å². The van der Waals surface area contributed by atoms with Gasteiger partial charge in [-0.15, -0.1) is 10.2 Å². The molecule has 8 heteroatoms. The quantitative estimate of drug-likeness (QED) is 0.641. The average Bonchev–Trinajstić information content (AvgIpc) is 3.42. The molecule has 2 aliphatic heterocycles. The van der Waals surface area contributed by atoms with Crippen molar-refractivity contribution in [3.05, 3.63) is 65.1 Å². The summed E-state index contributed by atoms with van der Waals surface area (Å²) < 4.78 is 7.19. The summed E-state index contributed by atoms with van der Waals surface area (Å²) in [5, 5.41) is 11.7. The predicted octanol–water partition coefficient (Wildman–Crippen LogP) is 2.28. The van der Waals surface area contributed by atoms with Crippen molar-refractivity contribution in [3.8, 4) is 0 Å². The van der Waals surface area contributed by atoms with E-state index in [9.17, 15) is 4.79 Å². The number of nitrogens with zero attached hydrogens (tertiary/aromatic N) is 5. The second-order valence-corrected chi connectivity index (χ2v) is 8.72. The molecule has 1 amide bonds. The second kappa shape index (κ2) is 9.16. The van der Waals surface area contributed by atoms with Crippen LogP contribution in [0.1, 0.15) is 39.6 Å². The van der Waals surface area contributed by atoms with Crippen LogP contribution in [0.5, 0.6) is 0 Å². The van der Waals surface area contributed by atoms with Crippen molar-refractivity contribution in [2.45, 2.75) is 38.8 Å². The van der Waals surface area contributed by atoms with E-state index in [1.54, 1.807) is 6.07 Å². The fourth-order valence-electron chi connectivity index (χ4n) is 4.75. The van der Waals surface area contributed by atoms with Crippen molar-refractivity contribution < 1.29 is 9.21 Å². The molecule has 0 aliphatic carbocycles. The molecule has 0 unspecified atom stereocenters. The normalized spacial score (nSPS) is 16.3. The lowest BCUT2D eigenvalue weighted by molar-refractivity contribution is 0.0953. The number of aryl methyl sites for hydroxylation is 1. The Kier molecular flexibility index (Phi) is 5.94. The van der Waals surface area contributed by atoms with Crippen LogP contribution in [0.4, 0.5) is 5.69 Å².